The van der Waals surface area contributed by atoms with Gasteiger partial charge in [-0.15, -0.1) is 0 Å². The van der Waals surface area contributed by atoms with E-state index in [1.54, 1.807) is 18.2 Å². The normalized spacial score (nSPS) is 11.3. The summed E-state index contributed by atoms with van der Waals surface area (Å²) in [5.74, 6) is -5.11. The molecule has 0 aromatic heterocycles. The minimum Gasteiger partial charge on any atom is -0.206 e. The Kier molecular flexibility index (Phi) is 6.26. The SMILES string of the molecule is CCCc1ccc(-c2ccc(CCc3cc(F)c4c(F)c(F)ccc4c3)c(F)c2F)cc1. The lowest BCUT2D eigenvalue weighted by atomic mass is 9.97. The largest absolute Gasteiger partial charge is 0.206 e. The molecule has 0 heterocycles. The zero-order valence-electron chi connectivity index (χ0n) is 17.5. The highest BCUT2D eigenvalue weighted by Gasteiger charge is 2.16. The number of hydrogen-bond acceptors (Lipinski definition) is 0. The first-order valence-corrected chi connectivity index (χ1v) is 10.5. The molecule has 0 N–H and O–H groups in total. The van der Waals surface area contributed by atoms with Crippen LogP contribution in [0.5, 0.6) is 0 Å². The summed E-state index contributed by atoms with van der Waals surface area (Å²) in [5, 5.41) is -0.201. The fraction of sp³-hybridized carbons (Fsp3) is 0.185. The highest BCUT2D eigenvalue weighted by Crippen LogP contribution is 2.29. The molecule has 0 amide bonds. The molecule has 4 rings (SSSR count). The van der Waals surface area contributed by atoms with Crippen molar-refractivity contribution in [3.63, 3.8) is 0 Å². The second-order valence-electron chi connectivity index (χ2n) is 7.88. The van der Waals surface area contributed by atoms with Crippen molar-refractivity contribution in [3.8, 4) is 11.1 Å². The van der Waals surface area contributed by atoms with Gasteiger partial charge >= 0.3 is 0 Å². The van der Waals surface area contributed by atoms with Crippen molar-refractivity contribution in [1.82, 2.24) is 0 Å². The van der Waals surface area contributed by atoms with E-state index in [1.807, 2.05) is 12.1 Å². The zero-order chi connectivity index (χ0) is 22.8. The molecule has 0 saturated carbocycles. The fourth-order valence-corrected chi connectivity index (χ4v) is 3.97. The molecule has 0 aliphatic rings. The number of aryl methyl sites for hydroxylation is 3. The number of benzene rings is 4. The molecule has 0 bridgehead atoms. The van der Waals surface area contributed by atoms with E-state index in [2.05, 4.69) is 6.92 Å². The van der Waals surface area contributed by atoms with E-state index in [0.29, 0.717) is 11.1 Å². The number of hydrogen-bond donors (Lipinski definition) is 0. The summed E-state index contributed by atoms with van der Waals surface area (Å²) in [4.78, 5) is 0. The predicted molar refractivity (Wildman–Crippen MR) is 117 cm³/mol. The Bertz CT molecular complexity index is 1280. The van der Waals surface area contributed by atoms with Crippen LogP contribution in [0.15, 0.2) is 60.7 Å². The zero-order valence-corrected chi connectivity index (χ0v) is 17.5. The first-order chi connectivity index (χ1) is 15.4. The lowest BCUT2D eigenvalue weighted by Gasteiger charge is -2.11. The Balaban J connectivity index is 1.56. The Morgan fingerprint density at radius 1 is 0.594 bits per heavy atom. The van der Waals surface area contributed by atoms with E-state index in [0.717, 1.165) is 30.5 Å². The van der Waals surface area contributed by atoms with Gasteiger partial charge in [0, 0.05) is 5.56 Å². The van der Waals surface area contributed by atoms with Gasteiger partial charge in [0.2, 0.25) is 0 Å². The summed E-state index contributed by atoms with van der Waals surface area (Å²) in [5.41, 5.74) is 2.57. The molecule has 0 nitrogen and oxygen atoms in total. The molecule has 32 heavy (non-hydrogen) atoms. The van der Waals surface area contributed by atoms with Crippen molar-refractivity contribution < 1.29 is 22.0 Å². The van der Waals surface area contributed by atoms with Crippen molar-refractivity contribution >= 4 is 10.8 Å². The highest BCUT2D eigenvalue weighted by atomic mass is 19.2. The summed E-state index contributed by atoms with van der Waals surface area (Å²) in [7, 11) is 0. The van der Waals surface area contributed by atoms with Gasteiger partial charge in [0.1, 0.15) is 5.82 Å². The van der Waals surface area contributed by atoms with Crippen LogP contribution in [0.3, 0.4) is 0 Å². The Morgan fingerprint density at radius 2 is 1.34 bits per heavy atom. The number of fused-ring (bicyclic) bond motifs is 1. The third-order valence-electron chi connectivity index (χ3n) is 5.67. The molecule has 164 valence electrons. The molecule has 0 spiro atoms. The second kappa shape index (κ2) is 9.11. The van der Waals surface area contributed by atoms with Crippen molar-refractivity contribution in [3.05, 3.63) is 106 Å². The van der Waals surface area contributed by atoms with Crippen LogP contribution in [0.4, 0.5) is 22.0 Å². The van der Waals surface area contributed by atoms with Gasteiger partial charge in [-0.1, -0.05) is 61.9 Å². The van der Waals surface area contributed by atoms with Crippen molar-refractivity contribution in [2.45, 2.75) is 32.6 Å². The van der Waals surface area contributed by atoms with E-state index in [9.17, 15) is 22.0 Å². The fourth-order valence-electron chi connectivity index (χ4n) is 3.97. The molecule has 5 heteroatoms. The van der Waals surface area contributed by atoms with Crippen molar-refractivity contribution in [2.75, 3.05) is 0 Å². The highest BCUT2D eigenvalue weighted by molar-refractivity contribution is 5.84. The van der Waals surface area contributed by atoms with Gasteiger partial charge < -0.3 is 0 Å². The van der Waals surface area contributed by atoms with E-state index >= 15 is 0 Å². The van der Waals surface area contributed by atoms with E-state index < -0.39 is 34.5 Å². The molecular formula is C27H21F5. The van der Waals surface area contributed by atoms with Crippen LogP contribution >= 0.6 is 0 Å². The first-order valence-electron chi connectivity index (χ1n) is 10.5. The quantitative estimate of drug-likeness (QED) is 0.267. The van der Waals surface area contributed by atoms with Crippen LogP contribution in [-0.2, 0) is 19.3 Å². The van der Waals surface area contributed by atoms with Gasteiger partial charge in [-0.05, 0) is 59.0 Å². The Labute approximate surface area is 183 Å². The third-order valence-corrected chi connectivity index (χ3v) is 5.67. The number of rotatable bonds is 6. The van der Waals surface area contributed by atoms with Crippen LogP contribution in [0, 0.1) is 29.1 Å². The predicted octanol–water partition coefficient (Wildman–Crippen LogP) is 7.94. The smallest absolute Gasteiger partial charge is 0.169 e. The molecule has 0 fully saturated rings. The molecule has 0 atom stereocenters. The van der Waals surface area contributed by atoms with Crippen LogP contribution in [0.25, 0.3) is 21.9 Å². The van der Waals surface area contributed by atoms with E-state index in [4.69, 9.17) is 0 Å². The summed E-state index contributed by atoms with van der Waals surface area (Å²) >= 11 is 0. The maximum absolute atomic E-state index is 14.8. The van der Waals surface area contributed by atoms with Crippen molar-refractivity contribution in [1.29, 1.82) is 0 Å². The average Bonchev–Trinajstić information content (AvgIpc) is 2.78. The van der Waals surface area contributed by atoms with E-state index in [-0.39, 0.29) is 29.4 Å². The van der Waals surface area contributed by atoms with Crippen LogP contribution < -0.4 is 0 Å². The maximum Gasteiger partial charge on any atom is 0.169 e. The first kappa shape index (κ1) is 22.0. The van der Waals surface area contributed by atoms with Crippen LogP contribution in [-0.4, -0.2) is 0 Å². The Morgan fingerprint density at radius 3 is 2.06 bits per heavy atom. The lowest BCUT2D eigenvalue weighted by molar-refractivity contribution is 0.501. The molecule has 0 saturated heterocycles. The van der Waals surface area contributed by atoms with Gasteiger partial charge in [0.05, 0.1) is 5.39 Å². The second-order valence-corrected chi connectivity index (χ2v) is 7.88. The van der Waals surface area contributed by atoms with E-state index in [1.165, 1.54) is 18.2 Å². The minimum atomic E-state index is -1.24. The summed E-state index contributed by atoms with van der Waals surface area (Å²) < 4.78 is 71.1. The van der Waals surface area contributed by atoms with Gasteiger partial charge in [-0.2, -0.15) is 0 Å². The average molecular weight is 440 g/mol. The number of halogens is 5. The van der Waals surface area contributed by atoms with Crippen LogP contribution in [0.2, 0.25) is 0 Å². The lowest BCUT2D eigenvalue weighted by Crippen LogP contribution is -2.01. The Hall–Kier alpha value is -3.21. The minimum absolute atomic E-state index is 0.132. The molecule has 0 aliphatic heterocycles. The molecular weight excluding hydrogens is 419 g/mol. The van der Waals surface area contributed by atoms with Gasteiger partial charge in [0.25, 0.3) is 0 Å². The summed E-state index contributed by atoms with van der Waals surface area (Å²) in [6, 6.07) is 15.3. The molecule has 4 aromatic carbocycles. The van der Waals surface area contributed by atoms with Crippen LogP contribution in [0.1, 0.15) is 30.0 Å². The molecule has 0 aliphatic carbocycles. The standard InChI is InChI=1S/C27H21F5/c1-2-3-16-4-7-18(8-5-16)21-12-10-19(25(30)26(21)31)9-6-17-14-20-11-13-22(28)27(32)24(20)23(29)15-17/h4-5,7-8,10-15H,2-3,6,9H2,1H3. The van der Waals surface area contributed by atoms with Gasteiger partial charge in [0.15, 0.2) is 23.3 Å². The van der Waals surface area contributed by atoms with Crippen molar-refractivity contribution in [2.24, 2.45) is 0 Å². The molecule has 4 aromatic rings. The monoisotopic (exact) mass is 440 g/mol. The summed E-state index contributed by atoms with van der Waals surface area (Å²) in [6.07, 6.45) is 2.28. The maximum atomic E-state index is 14.8. The van der Waals surface area contributed by atoms with Gasteiger partial charge in [-0.3, -0.25) is 0 Å². The van der Waals surface area contributed by atoms with Gasteiger partial charge in [-0.25, -0.2) is 22.0 Å². The summed E-state index contributed by atoms with van der Waals surface area (Å²) in [6.45, 7) is 2.08. The topological polar surface area (TPSA) is 0 Å². The molecule has 0 radical (unpaired) electrons. The third kappa shape index (κ3) is 4.24. The molecule has 0 unspecified atom stereocenters.